The van der Waals surface area contributed by atoms with Gasteiger partial charge in [-0.05, 0) is 75.4 Å². The van der Waals surface area contributed by atoms with Crippen LogP contribution in [-0.2, 0) is 14.4 Å². The van der Waals surface area contributed by atoms with Crippen LogP contribution in [0.4, 0.5) is 23.1 Å². The molecule has 0 radical (unpaired) electrons. The SMILES string of the molecule is CNC(=O)COc1cc2cc(Nc3nc(N4CCN(CC5CC(N6CCN(c7cccc8c7C(=O)N([C@@H]7CCC(=O)NC7=O)C8=O)CC6)C5)CC4)ncc3Cl)ccc2n(C(C)C)c1=O. The molecular formula is C45H52ClN11O7. The molecule has 1 atom stereocenters. The Bertz CT molecular complexity index is 2580. The van der Waals surface area contributed by atoms with Crippen LogP contribution in [0.25, 0.3) is 10.9 Å². The molecule has 2 aromatic carbocycles. The summed E-state index contributed by atoms with van der Waals surface area (Å²) in [4.78, 5) is 96.3. The van der Waals surface area contributed by atoms with Gasteiger partial charge in [-0.3, -0.25) is 48.8 Å². The number of carbonyl (C=O) groups is 5. The van der Waals surface area contributed by atoms with Crippen LogP contribution in [0.15, 0.2) is 53.5 Å². The minimum atomic E-state index is -0.987. The van der Waals surface area contributed by atoms with Crippen LogP contribution < -0.4 is 36.0 Å². The number of fused-ring (bicyclic) bond motifs is 2. The molecule has 64 heavy (non-hydrogen) atoms. The van der Waals surface area contributed by atoms with Gasteiger partial charge in [0.15, 0.2) is 18.2 Å². The highest BCUT2D eigenvalue weighted by Crippen LogP contribution is 2.37. The van der Waals surface area contributed by atoms with Crippen LogP contribution in [-0.4, -0.2) is 143 Å². The van der Waals surface area contributed by atoms with Crippen molar-refractivity contribution in [3.8, 4) is 5.75 Å². The first-order valence-corrected chi connectivity index (χ1v) is 22.4. The lowest BCUT2D eigenvalue weighted by Gasteiger charge is -2.48. The third-order valence-corrected chi connectivity index (χ3v) is 13.4. The van der Waals surface area contributed by atoms with Crippen molar-refractivity contribution in [2.45, 2.75) is 57.7 Å². The highest BCUT2D eigenvalue weighted by Gasteiger charge is 2.46. The fraction of sp³-hybridized carbons (Fsp3) is 0.467. The standard InChI is InChI=1S/C45H52ClN11O7/c1-26(2)56-33-8-7-29(21-28(33)22-36(43(56)62)64-25-38(59)47-3)49-40-32(46)23-48-45(51-40)55-13-11-52(12-14-55)24-27-19-30(20-27)53-15-17-54(18-16-53)34-6-4-5-31-39(34)44(63)57(42(31)61)35-9-10-37(58)50-41(35)60/h4-8,21-23,26-27,30,35H,9-20,24-25H2,1-3H3,(H,47,59)(H,48,49,51)(H,50,58,60)/t27?,30?,35-/m1/s1. The minimum absolute atomic E-state index is 0.0858. The quantitative estimate of drug-likeness (QED) is 0.176. The van der Waals surface area contributed by atoms with Gasteiger partial charge in [-0.15, -0.1) is 0 Å². The number of carbonyl (C=O) groups excluding carboxylic acids is 5. The molecule has 19 heteroatoms. The molecule has 6 heterocycles. The number of piperidine rings is 1. The Morgan fingerprint density at radius 3 is 2.41 bits per heavy atom. The smallest absolute Gasteiger partial charge is 0.293 e. The number of ether oxygens (including phenoxy) is 1. The van der Waals surface area contributed by atoms with E-state index in [2.05, 4.69) is 40.5 Å². The molecule has 5 aliphatic rings. The summed E-state index contributed by atoms with van der Waals surface area (Å²) in [5.74, 6) is -0.524. The van der Waals surface area contributed by atoms with Crippen molar-refractivity contribution in [2.24, 2.45) is 5.92 Å². The van der Waals surface area contributed by atoms with Crippen molar-refractivity contribution in [3.05, 3.63) is 75.2 Å². The van der Waals surface area contributed by atoms with E-state index in [0.717, 1.165) is 93.2 Å². The largest absolute Gasteiger partial charge is 0.478 e. The Hall–Kier alpha value is -6.11. The van der Waals surface area contributed by atoms with E-state index in [4.69, 9.17) is 21.3 Å². The number of imide groups is 2. The lowest BCUT2D eigenvalue weighted by Crippen LogP contribution is -2.56. The van der Waals surface area contributed by atoms with E-state index in [9.17, 15) is 28.8 Å². The molecule has 0 unspecified atom stereocenters. The number of piperazine rings is 2. The number of nitrogens with zero attached hydrogens (tertiary/aromatic N) is 8. The Labute approximate surface area is 374 Å². The molecule has 3 saturated heterocycles. The first-order valence-electron chi connectivity index (χ1n) is 22.0. The van der Waals surface area contributed by atoms with Gasteiger partial charge >= 0.3 is 0 Å². The van der Waals surface area contributed by atoms with Crippen molar-refractivity contribution in [2.75, 3.05) is 87.7 Å². The van der Waals surface area contributed by atoms with E-state index in [1.165, 1.54) is 7.05 Å². The van der Waals surface area contributed by atoms with Gasteiger partial charge < -0.3 is 29.7 Å². The van der Waals surface area contributed by atoms with Crippen LogP contribution in [0.2, 0.25) is 5.02 Å². The Kier molecular flexibility index (Phi) is 12.0. The average Bonchev–Trinajstić information content (AvgIpc) is 3.53. The lowest BCUT2D eigenvalue weighted by atomic mass is 9.78. The summed E-state index contributed by atoms with van der Waals surface area (Å²) in [5.41, 5.74) is 2.51. The van der Waals surface area contributed by atoms with Gasteiger partial charge in [0.25, 0.3) is 23.3 Å². The summed E-state index contributed by atoms with van der Waals surface area (Å²) < 4.78 is 7.27. The van der Waals surface area contributed by atoms with Crippen LogP contribution in [0.3, 0.4) is 0 Å². The Morgan fingerprint density at radius 2 is 1.69 bits per heavy atom. The van der Waals surface area contributed by atoms with Crippen LogP contribution in [0.1, 0.15) is 66.3 Å². The third kappa shape index (κ3) is 8.36. The molecule has 4 fully saturated rings. The van der Waals surface area contributed by atoms with Gasteiger partial charge in [-0.25, -0.2) is 4.98 Å². The van der Waals surface area contributed by atoms with Crippen molar-refractivity contribution >= 4 is 75.2 Å². The van der Waals surface area contributed by atoms with E-state index in [1.807, 2.05) is 38.1 Å². The molecule has 5 amide bonds. The van der Waals surface area contributed by atoms with Crippen molar-refractivity contribution in [1.82, 2.24) is 39.9 Å². The van der Waals surface area contributed by atoms with Gasteiger partial charge in [0, 0.05) is 95.5 Å². The highest BCUT2D eigenvalue weighted by molar-refractivity contribution is 6.33. The molecule has 18 nitrogen and oxygen atoms in total. The molecule has 4 aliphatic heterocycles. The Morgan fingerprint density at radius 1 is 0.938 bits per heavy atom. The van der Waals surface area contributed by atoms with E-state index < -0.39 is 29.7 Å². The van der Waals surface area contributed by atoms with E-state index in [1.54, 1.807) is 29.0 Å². The van der Waals surface area contributed by atoms with Crippen molar-refractivity contribution in [3.63, 3.8) is 0 Å². The van der Waals surface area contributed by atoms with Crippen LogP contribution in [0.5, 0.6) is 5.75 Å². The summed E-state index contributed by atoms with van der Waals surface area (Å²) in [6.45, 7) is 11.1. The number of benzene rings is 2. The number of hydrogen-bond acceptors (Lipinski definition) is 14. The maximum Gasteiger partial charge on any atom is 0.293 e. The van der Waals surface area contributed by atoms with Crippen molar-refractivity contribution < 1.29 is 28.7 Å². The number of hydrogen-bond donors (Lipinski definition) is 3. The first-order chi connectivity index (χ1) is 30.9. The predicted molar refractivity (Wildman–Crippen MR) is 241 cm³/mol. The van der Waals surface area contributed by atoms with Crippen LogP contribution >= 0.6 is 11.6 Å². The zero-order valence-corrected chi connectivity index (χ0v) is 36.9. The fourth-order valence-electron chi connectivity index (χ4n) is 9.70. The summed E-state index contributed by atoms with van der Waals surface area (Å²) in [7, 11) is 1.51. The molecule has 1 aliphatic carbocycles. The number of aromatic nitrogens is 3. The monoisotopic (exact) mass is 893 g/mol. The normalized spacial score (nSPS) is 21.9. The first kappa shape index (κ1) is 43.2. The molecule has 0 spiro atoms. The minimum Gasteiger partial charge on any atom is -0.478 e. The molecule has 3 N–H and O–H groups in total. The second kappa shape index (κ2) is 17.8. The molecule has 4 aromatic rings. The number of rotatable bonds is 12. The Balaban J connectivity index is 0.757. The highest BCUT2D eigenvalue weighted by atomic mass is 35.5. The lowest BCUT2D eigenvalue weighted by molar-refractivity contribution is -0.136. The fourth-order valence-corrected chi connectivity index (χ4v) is 9.83. The average molecular weight is 894 g/mol. The third-order valence-electron chi connectivity index (χ3n) is 13.2. The number of nitrogens with one attached hydrogen (secondary N) is 3. The second-order valence-electron chi connectivity index (χ2n) is 17.5. The topological polar surface area (TPSA) is 195 Å². The summed E-state index contributed by atoms with van der Waals surface area (Å²) in [6, 6.07) is 12.0. The zero-order chi connectivity index (χ0) is 44.8. The number of amides is 5. The van der Waals surface area contributed by atoms with E-state index >= 15 is 0 Å². The zero-order valence-electron chi connectivity index (χ0n) is 36.1. The number of anilines is 4. The number of likely N-dealkylation sites (N-methyl/N-ethyl adjacent to an activating group) is 1. The summed E-state index contributed by atoms with van der Waals surface area (Å²) in [5, 5.41) is 9.23. The van der Waals surface area contributed by atoms with Gasteiger partial charge in [0.2, 0.25) is 17.8 Å². The number of pyridine rings is 1. The maximum atomic E-state index is 13.7. The molecule has 1 saturated carbocycles. The van der Waals surface area contributed by atoms with Crippen LogP contribution in [0, 0.1) is 5.92 Å². The van der Waals surface area contributed by atoms with E-state index in [-0.39, 0.29) is 42.7 Å². The predicted octanol–water partition coefficient (Wildman–Crippen LogP) is 3.02. The molecule has 2 aromatic heterocycles. The molecule has 336 valence electrons. The van der Waals surface area contributed by atoms with E-state index in [0.29, 0.717) is 45.6 Å². The maximum absolute atomic E-state index is 13.7. The number of halogens is 1. The molecular weight excluding hydrogens is 842 g/mol. The van der Waals surface area contributed by atoms with Gasteiger partial charge in [0.05, 0.1) is 28.5 Å². The molecule has 9 rings (SSSR count). The molecule has 0 bridgehead atoms. The second-order valence-corrected chi connectivity index (χ2v) is 17.9. The van der Waals surface area contributed by atoms with Gasteiger partial charge in [0.1, 0.15) is 11.1 Å². The van der Waals surface area contributed by atoms with Gasteiger partial charge in [-0.1, -0.05) is 17.7 Å². The van der Waals surface area contributed by atoms with Gasteiger partial charge in [-0.2, -0.15) is 4.98 Å². The summed E-state index contributed by atoms with van der Waals surface area (Å²) >= 11 is 6.61. The summed E-state index contributed by atoms with van der Waals surface area (Å²) in [6.07, 6.45) is 4.10. The van der Waals surface area contributed by atoms with Crippen molar-refractivity contribution in [1.29, 1.82) is 0 Å².